The third kappa shape index (κ3) is 5.99. The molecule has 1 aromatic heterocycles. The minimum absolute atomic E-state index is 0.143. The van der Waals surface area contributed by atoms with Crippen molar-refractivity contribution in [3.63, 3.8) is 0 Å². The average Bonchev–Trinajstić information content (AvgIpc) is 2.31. The minimum Gasteiger partial charge on any atom is -0.338 e. The van der Waals surface area contributed by atoms with Crippen LogP contribution in [-0.2, 0) is 11.3 Å². The van der Waals surface area contributed by atoms with Crippen LogP contribution < -0.4 is 15.2 Å². The highest BCUT2D eigenvalue weighted by molar-refractivity contribution is 5.93. The Bertz CT molecular complexity index is 444. The summed E-state index contributed by atoms with van der Waals surface area (Å²) in [6.07, 6.45) is 2.71. The van der Waals surface area contributed by atoms with Crippen LogP contribution in [0.3, 0.4) is 0 Å². The summed E-state index contributed by atoms with van der Waals surface area (Å²) in [4.78, 5) is 23.1. The van der Waals surface area contributed by atoms with Gasteiger partial charge in [0.15, 0.2) is 11.9 Å². The van der Waals surface area contributed by atoms with Crippen molar-refractivity contribution in [3.05, 3.63) is 30.1 Å². The van der Waals surface area contributed by atoms with Crippen LogP contribution in [0.4, 0.5) is 4.79 Å². The lowest BCUT2D eigenvalue weighted by atomic mass is 10.1. The summed E-state index contributed by atoms with van der Waals surface area (Å²) in [5.74, 6) is 0.208. The van der Waals surface area contributed by atoms with Crippen molar-refractivity contribution < 1.29 is 14.2 Å². The van der Waals surface area contributed by atoms with Gasteiger partial charge in [-0.25, -0.2) is 4.79 Å². The molecule has 0 saturated carbocycles. The maximum absolute atomic E-state index is 11.7. The molecule has 19 heavy (non-hydrogen) atoms. The van der Waals surface area contributed by atoms with Crippen molar-refractivity contribution in [2.75, 3.05) is 6.54 Å². The molecule has 0 aliphatic carbocycles. The van der Waals surface area contributed by atoms with Gasteiger partial charge in [-0.1, -0.05) is 19.9 Å². The zero-order chi connectivity index (χ0) is 14.3. The van der Waals surface area contributed by atoms with Gasteiger partial charge in [-0.2, -0.15) is 4.57 Å². The third-order valence-corrected chi connectivity index (χ3v) is 2.74. The molecule has 0 aliphatic rings. The Morgan fingerprint density at radius 2 is 2.05 bits per heavy atom. The molecule has 0 unspecified atom stereocenters. The SMILES string of the molecule is Cc1cccc[n+]1CC(=O)NC(=O)NCCC(C)C. The van der Waals surface area contributed by atoms with Gasteiger partial charge in [0.25, 0.3) is 5.91 Å². The Balaban J connectivity index is 2.35. The highest BCUT2D eigenvalue weighted by atomic mass is 16.2. The Morgan fingerprint density at radius 1 is 1.32 bits per heavy atom. The Kier molecular flexibility index (Phi) is 5.99. The molecule has 104 valence electrons. The molecule has 5 heteroatoms. The first-order valence-corrected chi connectivity index (χ1v) is 6.52. The van der Waals surface area contributed by atoms with E-state index in [9.17, 15) is 9.59 Å². The number of hydrogen-bond acceptors (Lipinski definition) is 2. The van der Waals surface area contributed by atoms with Crippen molar-refractivity contribution in [3.8, 4) is 0 Å². The molecule has 0 aromatic carbocycles. The maximum Gasteiger partial charge on any atom is 0.321 e. The van der Waals surface area contributed by atoms with Crippen LogP contribution in [0.2, 0.25) is 0 Å². The van der Waals surface area contributed by atoms with Gasteiger partial charge in [-0.3, -0.25) is 10.1 Å². The summed E-state index contributed by atoms with van der Waals surface area (Å²) in [5, 5.41) is 4.98. The predicted octanol–water partition coefficient (Wildman–Crippen LogP) is 1.15. The fourth-order valence-corrected chi connectivity index (χ4v) is 1.58. The Labute approximate surface area is 114 Å². The van der Waals surface area contributed by atoms with Gasteiger partial charge in [-0.05, 0) is 12.3 Å². The van der Waals surface area contributed by atoms with Gasteiger partial charge in [0.05, 0.1) is 0 Å². The fourth-order valence-electron chi connectivity index (χ4n) is 1.58. The fraction of sp³-hybridized carbons (Fsp3) is 0.500. The summed E-state index contributed by atoms with van der Waals surface area (Å²) < 4.78 is 1.79. The third-order valence-electron chi connectivity index (χ3n) is 2.74. The lowest BCUT2D eigenvalue weighted by Crippen LogP contribution is -2.48. The first kappa shape index (κ1) is 15.1. The molecule has 0 bridgehead atoms. The quantitative estimate of drug-likeness (QED) is 0.784. The van der Waals surface area contributed by atoms with Gasteiger partial charge in [0.2, 0.25) is 6.54 Å². The highest BCUT2D eigenvalue weighted by Crippen LogP contribution is 1.95. The number of aryl methyl sites for hydroxylation is 1. The molecule has 0 fully saturated rings. The van der Waals surface area contributed by atoms with Gasteiger partial charge < -0.3 is 5.32 Å². The summed E-state index contributed by atoms with van der Waals surface area (Å²) in [6, 6.07) is 5.24. The van der Waals surface area contributed by atoms with E-state index < -0.39 is 6.03 Å². The predicted molar refractivity (Wildman–Crippen MR) is 72.4 cm³/mol. The molecule has 1 heterocycles. The number of amides is 3. The molecule has 0 spiro atoms. The minimum atomic E-state index is -0.431. The van der Waals surface area contributed by atoms with Gasteiger partial charge in [0, 0.05) is 25.6 Å². The number of rotatable bonds is 5. The molecule has 2 N–H and O–H groups in total. The second-order valence-corrected chi connectivity index (χ2v) is 4.96. The number of urea groups is 1. The summed E-state index contributed by atoms with van der Waals surface area (Å²) in [7, 11) is 0. The van der Waals surface area contributed by atoms with Crippen LogP contribution in [0.25, 0.3) is 0 Å². The lowest BCUT2D eigenvalue weighted by molar-refractivity contribution is -0.690. The van der Waals surface area contributed by atoms with E-state index in [0.717, 1.165) is 12.1 Å². The molecule has 0 atom stereocenters. The average molecular weight is 264 g/mol. The van der Waals surface area contributed by atoms with Gasteiger partial charge >= 0.3 is 6.03 Å². The van der Waals surface area contributed by atoms with Crippen LogP contribution in [0.15, 0.2) is 24.4 Å². The molecule has 1 rings (SSSR count). The normalized spacial score (nSPS) is 10.3. The zero-order valence-electron chi connectivity index (χ0n) is 11.8. The Morgan fingerprint density at radius 3 is 2.68 bits per heavy atom. The summed E-state index contributed by atoms with van der Waals surface area (Å²) >= 11 is 0. The van der Waals surface area contributed by atoms with Crippen molar-refractivity contribution in [1.82, 2.24) is 10.6 Å². The van der Waals surface area contributed by atoms with E-state index in [1.165, 1.54) is 0 Å². The van der Waals surface area contributed by atoms with Crippen molar-refractivity contribution in [2.24, 2.45) is 5.92 Å². The Hall–Kier alpha value is -1.91. The standard InChI is InChI=1S/C14H21N3O2/c1-11(2)7-8-15-14(19)16-13(18)10-17-9-5-4-6-12(17)3/h4-6,9,11H,7-8,10H2,1-3H3,(H-,15,16,18,19)/p+1. The zero-order valence-corrected chi connectivity index (χ0v) is 11.8. The van der Waals surface area contributed by atoms with E-state index in [0.29, 0.717) is 12.5 Å². The van der Waals surface area contributed by atoms with E-state index in [1.54, 1.807) is 4.57 Å². The second kappa shape index (κ2) is 7.51. The van der Waals surface area contributed by atoms with E-state index in [4.69, 9.17) is 0 Å². The number of hydrogen-bond donors (Lipinski definition) is 2. The second-order valence-electron chi connectivity index (χ2n) is 4.96. The van der Waals surface area contributed by atoms with E-state index in [2.05, 4.69) is 24.5 Å². The van der Waals surface area contributed by atoms with Crippen molar-refractivity contribution in [2.45, 2.75) is 33.7 Å². The molecule has 0 radical (unpaired) electrons. The van der Waals surface area contributed by atoms with Crippen LogP contribution in [0, 0.1) is 12.8 Å². The molecule has 1 aromatic rings. The van der Waals surface area contributed by atoms with Crippen LogP contribution in [-0.4, -0.2) is 18.5 Å². The van der Waals surface area contributed by atoms with Crippen LogP contribution in [0.1, 0.15) is 26.0 Å². The topological polar surface area (TPSA) is 62.1 Å². The maximum atomic E-state index is 11.7. The first-order chi connectivity index (χ1) is 8.99. The molecule has 3 amide bonds. The van der Waals surface area contributed by atoms with Gasteiger partial charge in [-0.15, -0.1) is 0 Å². The van der Waals surface area contributed by atoms with E-state index in [-0.39, 0.29) is 12.5 Å². The van der Waals surface area contributed by atoms with Crippen molar-refractivity contribution >= 4 is 11.9 Å². The monoisotopic (exact) mass is 264 g/mol. The number of imide groups is 1. The van der Waals surface area contributed by atoms with E-state index in [1.807, 2.05) is 31.3 Å². The van der Waals surface area contributed by atoms with Gasteiger partial charge in [0.1, 0.15) is 0 Å². The number of nitrogens with zero attached hydrogens (tertiary/aromatic N) is 1. The molecule has 0 saturated heterocycles. The molecular weight excluding hydrogens is 242 g/mol. The van der Waals surface area contributed by atoms with Crippen molar-refractivity contribution in [1.29, 1.82) is 0 Å². The number of pyridine rings is 1. The first-order valence-electron chi connectivity index (χ1n) is 6.52. The number of carbonyl (C=O) groups excluding carboxylic acids is 2. The number of aromatic nitrogens is 1. The van der Waals surface area contributed by atoms with E-state index >= 15 is 0 Å². The molecular formula is C14H22N3O2+. The molecule has 0 aliphatic heterocycles. The lowest BCUT2D eigenvalue weighted by Gasteiger charge is -2.07. The number of carbonyl (C=O) groups is 2. The smallest absolute Gasteiger partial charge is 0.321 e. The summed E-state index contributed by atoms with van der Waals surface area (Å²) in [5.41, 5.74) is 0.970. The largest absolute Gasteiger partial charge is 0.338 e. The number of nitrogens with one attached hydrogen (secondary N) is 2. The summed E-state index contributed by atoms with van der Waals surface area (Å²) in [6.45, 7) is 6.80. The van der Waals surface area contributed by atoms with Crippen LogP contribution >= 0.6 is 0 Å². The molecule has 5 nitrogen and oxygen atoms in total. The highest BCUT2D eigenvalue weighted by Gasteiger charge is 2.14. The van der Waals surface area contributed by atoms with Crippen LogP contribution in [0.5, 0.6) is 0 Å².